The highest BCUT2D eigenvalue weighted by Gasteiger charge is 2.12. The van der Waals surface area contributed by atoms with Crippen LogP contribution in [0.4, 0.5) is 0 Å². The van der Waals surface area contributed by atoms with Crippen molar-refractivity contribution < 1.29 is 9.90 Å². The Kier molecular flexibility index (Phi) is 6.36. The maximum atomic E-state index is 10.4. The predicted octanol–water partition coefficient (Wildman–Crippen LogP) is 3.28. The molecule has 102 valence electrons. The molecule has 0 aliphatic carbocycles. The quantitative estimate of drug-likeness (QED) is 0.895. The van der Waals surface area contributed by atoms with Gasteiger partial charge >= 0.3 is 5.97 Å². The Hall–Kier alpha value is -0.870. The molecule has 1 aliphatic rings. The van der Waals surface area contributed by atoms with Crippen LogP contribution in [0, 0.1) is 5.92 Å². The first kappa shape index (κ1) is 15.2. The van der Waals surface area contributed by atoms with E-state index in [1.165, 1.54) is 37.3 Å². The van der Waals surface area contributed by atoms with Crippen molar-refractivity contribution in [2.45, 2.75) is 32.6 Å². The number of rotatable bonds is 2. The molecule has 0 radical (unpaired) electrons. The van der Waals surface area contributed by atoms with E-state index in [0.29, 0.717) is 0 Å². The van der Waals surface area contributed by atoms with Crippen molar-refractivity contribution in [3.63, 3.8) is 0 Å². The molecular weight excluding hydrogens is 246 g/mol. The summed E-state index contributed by atoms with van der Waals surface area (Å²) in [5.74, 6) is -0.157. The second kappa shape index (κ2) is 7.54. The lowest BCUT2D eigenvalue weighted by molar-refractivity contribution is -0.138. The Labute approximate surface area is 113 Å². The number of hydrogen-bond acceptors (Lipinski definition) is 3. The molecule has 1 saturated heterocycles. The van der Waals surface area contributed by atoms with Gasteiger partial charge in [-0.05, 0) is 68.2 Å². The molecule has 1 unspecified atom stereocenters. The minimum absolute atomic E-state index is 0.369. The molecule has 0 spiro atoms. The van der Waals surface area contributed by atoms with Gasteiger partial charge in [0.1, 0.15) is 0 Å². The smallest absolute Gasteiger partial charge is 0.310 e. The van der Waals surface area contributed by atoms with Crippen molar-refractivity contribution in [3.8, 4) is 0 Å². The van der Waals surface area contributed by atoms with Crippen LogP contribution in [0.25, 0.3) is 0 Å². The third-order valence-electron chi connectivity index (χ3n) is 3.42. The van der Waals surface area contributed by atoms with E-state index in [1.807, 2.05) is 16.8 Å². The molecule has 1 aromatic rings. The topological polar surface area (TPSA) is 40.5 Å². The lowest BCUT2D eigenvalue weighted by atomic mass is 10.00. The van der Waals surface area contributed by atoms with Crippen LogP contribution in [0.5, 0.6) is 0 Å². The fourth-order valence-electron chi connectivity index (χ4n) is 1.80. The molecule has 1 N–H and O–H groups in total. The SMILES string of the molecule is CC(C(=O)O)c1ccsc1.CC1CCN(C)CC1. The minimum atomic E-state index is -0.765. The van der Waals surface area contributed by atoms with Gasteiger partial charge in [-0.3, -0.25) is 4.79 Å². The summed E-state index contributed by atoms with van der Waals surface area (Å²) < 4.78 is 0. The molecule has 0 saturated carbocycles. The van der Waals surface area contributed by atoms with Crippen molar-refractivity contribution >= 4 is 17.3 Å². The summed E-state index contributed by atoms with van der Waals surface area (Å²) >= 11 is 1.52. The van der Waals surface area contributed by atoms with Gasteiger partial charge < -0.3 is 10.0 Å². The monoisotopic (exact) mass is 269 g/mol. The lowest BCUT2D eigenvalue weighted by Gasteiger charge is -2.26. The van der Waals surface area contributed by atoms with E-state index in [1.54, 1.807) is 6.92 Å². The second-order valence-corrected chi connectivity index (χ2v) is 5.88. The third-order valence-corrected chi connectivity index (χ3v) is 4.12. The maximum absolute atomic E-state index is 10.4. The average Bonchev–Trinajstić information content (AvgIpc) is 2.86. The number of carboxylic acids is 1. The number of aliphatic carboxylic acids is 1. The van der Waals surface area contributed by atoms with E-state index in [-0.39, 0.29) is 5.92 Å². The number of hydrogen-bond donors (Lipinski definition) is 1. The standard InChI is InChI=1S/C7H15N.C7H8O2S/c1-7-3-5-8(2)6-4-7;1-5(7(8)9)6-2-3-10-4-6/h7H,3-6H2,1-2H3;2-5H,1H3,(H,8,9). The maximum Gasteiger partial charge on any atom is 0.310 e. The first-order valence-electron chi connectivity index (χ1n) is 6.44. The van der Waals surface area contributed by atoms with Crippen molar-refractivity contribution in [3.05, 3.63) is 22.4 Å². The molecule has 0 bridgehead atoms. The van der Waals surface area contributed by atoms with Crippen LogP contribution >= 0.6 is 11.3 Å². The average molecular weight is 269 g/mol. The van der Waals surface area contributed by atoms with Gasteiger partial charge in [0.15, 0.2) is 0 Å². The van der Waals surface area contributed by atoms with Crippen molar-refractivity contribution in [1.29, 1.82) is 0 Å². The molecule has 3 nitrogen and oxygen atoms in total. The summed E-state index contributed by atoms with van der Waals surface area (Å²) in [5.41, 5.74) is 0.887. The Morgan fingerprint density at radius 1 is 1.50 bits per heavy atom. The van der Waals surface area contributed by atoms with Crippen LogP contribution in [-0.2, 0) is 4.79 Å². The highest BCUT2D eigenvalue weighted by molar-refractivity contribution is 7.08. The summed E-state index contributed by atoms with van der Waals surface area (Å²) in [4.78, 5) is 12.8. The second-order valence-electron chi connectivity index (χ2n) is 5.10. The van der Waals surface area contributed by atoms with Crippen molar-refractivity contribution in [1.82, 2.24) is 4.90 Å². The molecule has 1 aliphatic heterocycles. The van der Waals surface area contributed by atoms with Crippen LogP contribution in [-0.4, -0.2) is 36.1 Å². The number of likely N-dealkylation sites (tertiary alicyclic amines) is 1. The Morgan fingerprint density at radius 2 is 2.11 bits per heavy atom. The zero-order valence-corrected chi connectivity index (χ0v) is 12.2. The molecule has 1 fully saturated rings. The lowest BCUT2D eigenvalue weighted by Crippen LogP contribution is -2.28. The van der Waals surface area contributed by atoms with E-state index in [4.69, 9.17) is 5.11 Å². The van der Waals surface area contributed by atoms with Crippen LogP contribution in [0.2, 0.25) is 0 Å². The normalized spacial score (nSPS) is 18.8. The van der Waals surface area contributed by atoms with E-state index in [9.17, 15) is 4.79 Å². The van der Waals surface area contributed by atoms with Crippen LogP contribution < -0.4 is 0 Å². The van der Waals surface area contributed by atoms with Gasteiger partial charge in [-0.25, -0.2) is 0 Å². The summed E-state index contributed by atoms with van der Waals surface area (Å²) in [6.45, 7) is 6.64. The molecule has 2 rings (SSSR count). The van der Waals surface area contributed by atoms with E-state index < -0.39 is 5.97 Å². The molecule has 0 aromatic carbocycles. The summed E-state index contributed by atoms with van der Waals surface area (Å²) in [6.07, 6.45) is 2.80. The molecule has 18 heavy (non-hydrogen) atoms. The molecule has 1 aromatic heterocycles. The van der Waals surface area contributed by atoms with Gasteiger partial charge in [-0.15, -0.1) is 0 Å². The Morgan fingerprint density at radius 3 is 2.50 bits per heavy atom. The van der Waals surface area contributed by atoms with Gasteiger partial charge in [-0.1, -0.05) is 6.92 Å². The summed E-state index contributed by atoms with van der Waals surface area (Å²) in [5, 5.41) is 12.3. The van der Waals surface area contributed by atoms with E-state index in [0.717, 1.165) is 11.5 Å². The number of carbonyl (C=O) groups is 1. The molecule has 0 amide bonds. The predicted molar refractivity (Wildman–Crippen MR) is 76.3 cm³/mol. The van der Waals surface area contributed by atoms with Gasteiger partial charge in [0, 0.05) is 0 Å². The Balaban J connectivity index is 0.000000184. The minimum Gasteiger partial charge on any atom is -0.481 e. The molecule has 1 atom stereocenters. The molecule has 4 heteroatoms. The van der Waals surface area contributed by atoms with Crippen molar-refractivity contribution in [2.75, 3.05) is 20.1 Å². The first-order valence-corrected chi connectivity index (χ1v) is 7.38. The van der Waals surface area contributed by atoms with Gasteiger partial charge in [0.05, 0.1) is 5.92 Å². The number of thiophene rings is 1. The number of piperidine rings is 1. The van der Waals surface area contributed by atoms with E-state index >= 15 is 0 Å². The van der Waals surface area contributed by atoms with Gasteiger partial charge in [0.2, 0.25) is 0 Å². The van der Waals surface area contributed by atoms with Gasteiger partial charge in [-0.2, -0.15) is 11.3 Å². The van der Waals surface area contributed by atoms with Crippen LogP contribution in [0.1, 0.15) is 38.2 Å². The zero-order valence-electron chi connectivity index (χ0n) is 11.4. The number of carboxylic acid groups (broad SMARTS) is 1. The zero-order chi connectivity index (χ0) is 13.5. The highest BCUT2D eigenvalue weighted by Crippen LogP contribution is 2.17. The molecular formula is C14H23NO2S. The summed E-state index contributed by atoms with van der Waals surface area (Å²) in [7, 11) is 2.20. The molecule has 2 heterocycles. The fourth-order valence-corrected chi connectivity index (χ4v) is 2.56. The summed E-state index contributed by atoms with van der Waals surface area (Å²) in [6, 6.07) is 1.84. The van der Waals surface area contributed by atoms with Crippen molar-refractivity contribution in [2.24, 2.45) is 5.92 Å². The van der Waals surface area contributed by atoms with Crippen LogP contribution in [0.15, 0.2) is 16.8 Å². The highest BCUT2D eigenvalue weighted by atomic mass is 32.1. The Bertz CT molecular complexity index is 333. The third kappa shape index (κ3) is 5.19. The fraction of sp³-hybridized carbons (Fsp3) is 0.643. The van der Waals surface area contributed by atoms with Crippen LogP contribution in [0.3, 0.4) is 0 Å². The van der Waals surface area contributed by atoms with E-state index in [2.05, 4.69) is 18.9 Å². The number of nitrogens with zero attached hydrogens (tertiary/aromatic N) is 1. The largest absolute Gasteiger partial charge is 0.481 e. The first-order chi connectivity index (χ1) is 8.50. The van der Waals surface area contributed by atoms with Gasteiger partial charge in [0.25, 0.3) is 0 Å².